The molecule has 0 spiro atoms. The zero-order valence-electron chi connectivity index (χ0n) is 9.45. The number of quaternary nitrogens is 1. The predicted molar refractivity (Wildman–Crippen MR) is 55.6 cm³/mol. The molecule has 0 bridgehead atoms. The normalized spacial score (nSPS) is 38.5. The van der Waals surface area contributed by atoms with Crippen LogP contribution in [-0.4, -0.2) is 54.7 Å². The van der Waals surface area contributed by atoms with Gasteiger partial charge < -0.3 is 4.48 Å². The minimum Gasteiger partial charge on any atom is -0.324 e. The van der Waals surface area contributed by atoms with E-state index in [9.17, 15) is 0 Å². The summed E-state index contributed by atoms with van der Waals surface area (Å²) in [6, 6.07) is 2.56. The van der Waals surface area contributed by atoms with Crippen LogP contribution in [0.25, 0.3) is 0 Å². The van der Waals surface area contributed by atoms with Crippen molar-refractivity contribution in [2.45, 2.75) is 44.8 Å². The Labute approximate surface area is 82.1 Å². The molecule has 0 N–H and O–H groups in total. The van der Waals surface area contributed by atoms with Crippen LogP contribution in [0.1, 0.15) is 26.7 Å². The SMILES string of the molecule is CC(C)N1CC[N+](C)(C)C2CCC21. The van der Waals surface area contributed by atoms with Crippen LogP contribution < -0.4 is 0 Å². The first-order chi connectivity index (χ1) is 6.02. The van der Waals surface area contributed by atoms with Crippen molar-refractivity contribution in [3.05, 3.63) is 0 Å². The molecule has 13 heavy (non-hydrogen) atoms. The summed E-state index contributed by atoms with van der Waals surface area (Å²) in [5.41, 5.74) is 0. The molecule has 0 radical (unpaired) electrons. The summed E-state index contributed by atoms with van der Waals surface area (Å²) in [7, 11) is 4.79. The lowest BCUT2D eigenvalue weighted by Gasteiger charge is -2.57. The molecule has 1 aliphatic heterocycles. The maximum atomic E-state index is 2.71. The third-order valence-electron chi connectivity index (χ3n) is 4.12. The second-order valence-corrected chi connectivity index (χ2v) is 5.55. The molecule has 1 heterocycles. The molecule has 2 heteroatoms. The zero-order valence-corrected chi connectivity index (χ0v) is 9.45. The molecule has 1 aliphatic carbocycles. The van der Waals surface area contributed by atoms with Crippen molar-refractivity contribution < 1.29 is 4.48 Å². The fourth-order valence-corrected chi connectivity index (χ4v) is 3.01. The number of likely N-dealkylation sites (N-methyl/N-ethyl adjacent to an activating group) is 1. The number of hydrogen-bond acceptors (Lipinski definition) is 1. The predicted octanol–water partition coefficient (Wildman–Crippen LogP) is 1.32. The number of nitrogens with zero attached hydrogens (tertiary/aromatic N) is 2. The van der Waals surface area contributed by atoms with Gasteiger partial charge in [0, 0.05) is 19.0 Å². The first-order valence-electron chi connectivity index (χ1n) is 5.61. The molecular formula is C11H23N2+. The van der Waals surface area contributed by atoms with Gasteiger partial charge in [-0.05, 0) is 20.3 Å². The Morgan fingerprint density at radius 2 is 1.92 bits per heavy atom. The van der Waals surface area contributed by atoms with Gasteiger partial charge in [0.05, 0.1) is 26.7 Å². The van der Waals surface area contributed by atoms with Crippen LogP contribution in [0.3, 0.4) is 0 Å². The molecule has 2 fully saturated rings. The standard InChI is InChI=1S/C11H23N2/c1-9(2)12-7-8-13(3,4)11-6-5-10(11)12/h9-11H,5-8H2,1-4H3/q+1. The number of hydrogen-bond donors (Lipinski definition) is 0. The first-order valence-corrected chi connectivity index (χ1v) is 5.61. The van der Waals surface area contributed by atoms with Crippen LogP contribution in [0, 0.1) is 0 Å². The largest absolute Gasteiger partial charge is 0.324 e. The molecule has 1 saturated heterocycles. The highest BCUT2D eigenvalue weighted by atomic mass is 15.4. The Morgan fingerprint density at radius 3 is 2.38 bits per heavy atom. The van der Waals surface area contributed by atoms with Crippen LogP contribution in [0.15, 0.2) is 0 Å². The van der Waals surface area contributed by atoms with Crippen molar-refractivity contribution in [1.82, 2.24) is 4.90 Å². The summed E-state index contributed by atoms with van der Waals surface area (Å²) in [5.74, 6) is 0. The van der Waals surface area contributed by atoms with Gasteiger partial charge in [-0.1, -0.05) is 0 Å². The monoisotopic (exact) mass is 183 g/mol. The van der Waals surface area contributed by atoms with E-state index in [2.05, 4.69) is 32.8 Å². The maximum Gasteiger partial charge on any atom is 0.104 e. The lowest BCUT2D eigenvalue weighted by atomic mass is 9.80. The van der Waals surface area contributed by atoms with E-state index >= 15 is 0 Å². The molecule has 0 amide bonds. The molecule has 2 rings (SSSR count). The Morgan fingerprint density at radius 1 is 1.23 bits per heavy atom. The van der Waals surface area contributed by atoms with Crippen molar-refractivity contribution >= 4 is 0 Å². The smallest absolute Gasteiger partial charge is 0.104 e. The minimum absolute atomic E-state index is 0.744. The summed E-state index contributed by atoms with van der Waals surface area (Å²) in [6.07, 6.45) is 2.88. The van der Waals surface area contributed by atoms with E-state index in [1.54, 1.807) is 0 Å². The average molecular weight is 183 g/mol. The van der Waals surface area contributed by atoms with Gasteiger partial charge in [-0.25, -0.2) is 0 Å². The summed E-state index contributed by atoms with van der Waals surface area (Å²) in [6.45, 7) is 7.30. The minimum atomic E-state index is 0.744. The third-order valence-corrected chi connectivity index (χ3v) is 4.12. The van der Waals surface area contributed by atoms with Crippen molar-refractivity contribution in [2.24, 2.45) is 0 Å². The Kier molecular flexibility index (Phi) is 2.16. The van der Waals surface area contributed by atoms with Crippen molar-refractivity contribution in [3.63, 3.8) is 0 Å². The van der Waals surface area contributed by atoms with Gasteiger partial charge in [0.2, 0.25) is 0 Å². The van der Waals surface area contributed by atoms with Gasteiger partial charge >= 0.3 is 0 Å². The van der Waals surface area contributed by atoms with Crippen molar-refractivity contribution in [1.29, 1.82) is 0 Å². The van der Waals surface area contributed by atoms with Gasteiger partial charge in [0.15, 0.2) is 0 Å². The molecule has 2 nitrogen and oxygen atoms in total. The highest BCUT2D eigenvalue weighted by Gasteiger charge is 2.49. The lowest BCUT2D eigenvalue weighted by Crippen LogP contribution is -2.71. The highest BCUT2D eigenvalue weighted by Crippen LogP contribution is 2.37. The fourth-order valence-electron chi connectivity index (χ4n) is 3.01. The highest BCUT2D eigenvalue weighted by molar-refractivity contribution is 4.94. The van der Waals surface area contributed by atoms with Crippen molar-refractivity contribution in [3.8, 4) is 0 Å². The topological polar surface area (TPSA) is 3.24 Å². The molecule has 0 aromatic heterocycles. The molecule has 2 aliphatic rings. The molecule has 0 aromatic rings. The molecule has 2 atom stereocenters. The van der Waals surface area contributed by atoms with Gasteiger partial charge in [0.25, 0.3) is 0 Å². The van der Waals surface area contributed by atoms with E-state index in [1.807, 2.05) is 0 Å². The number of piperazine rings is 1. The molecule has 0 aromatic carbocycles. The third kappa shape index (κ3) is 1.40. The molecule has 1 saturated carbocycles. The Hall–Kier alpha value is -0.0800. The second-order valence-electron chi connectivity index (χ2n) is 5.55. The van der Waals surface area contributed by atoms with E-state index in [0.29, 0.717) is 0 Å². The first kappa shape index (κ1) is 9.47. The van der Waals surface area contributed by atoms with Gasteiger partial charge in [0.1, 0.15) is 6.04 Å². The van der Waals surface area contributed by atoms with Crippen LogP contribution >= 0.6 is 0 Å². The summed E-state index contributed by atoms with van der Waals surface area (Å²) < 4.78 is 1.26. The van der Waals surface area contributed by atoms with E-state index < -0.39 is 0 Å². The number of rotatable bonds is 1. The van der Waals surface area contributed by atoms with Gasteiger partial charge in [-0.3, -0.25) is 4.90 Å². The van der Waals surface area contributed by atoms with E-state index in [4.69, 9.17) is 0 Å². The van der Waals surface area contributed by atoms with Crippen molar-refractivity contribution in [2.75, 3.05) is 27.2 Å². The van der Waals surface area contributed by atoms with E-state index in [-0.39, 0.29) is 0 Å². The summed E-state index contributed by atoms with van der Waals surface area (Å²) >= 11 is 0. The second kappa shape index (κ2) is 2.96. The average Bonchev–Trinajstić information content (AvgIpc) is 1.90. The van der Waals surface area contributed by atoms with Crippen LogP contribution in [-0.2, 0) is 0 Å². The Bertz CT molecular complexity index is 196. The molecular weight excluding hydrogens is 160 g/mol. The van der Waals surface area contributed by atoms with Crippen LogP contribution in [0.4, 0.5) is 0 Å². The molecule has 76 valence electrons. The lowest BCUT2D eigenvalue weighted by molar-refractivity contribution is -0.929. The number of fused-ring (bicyclic) bond motifs is 1. The van der Waals surface area contributed by atoms with Gasteiger partial charge in [-0.2, -0.15) is 0 Å². The zero-order chi connectivity index (χ0) is 9.64. The maximum absolute atomic E-state index is 2.71. The van der Waals surface area contributed by atoms with E-state index in [0.717, 1.165) is 18.1 Å². The quantitative estimate of drug-likeness (QED) is 0.554. The Balaban J connectivity index is 2.08. The summed E-state index contributed by atoms with van der Waals surface area (Å²) in [5, 5.41) is 0. The van der Waals surface area contributed by atoms with Crippen LogP contribution in [0.5, 0.6) is 0 Å². The van der Waals surface area contributed by atoms with E-state index in [1.165, 1.54) is 30.4 Å². The van der Waals surface area contributed by atoms with Crippen LogP contribution in [0.2, 0.25) is 0 Å². The van der Waals surface area contributed by atoms with Gasteiger partial charge in [-0.15, -0.1) is 0 Å². The molecule has 2 unspecified atom stereocenters. The fraction of sp³-hybridized carbons (Fsp3) is 1.00. The summed E-state index contributed by atoms with van der Waals surface area (Å²) in [4.78, 5) is 2.71.